The normalized spacial score (nSPS) is 10.0. The molecule has 120 valence electrons. The minimum Gasteiger partial charge on any atom is -0.308 e. The first-order valence-corrected chi connectivity index (χ1v) is 7.30. The van der Waals surface area contributed by atoms with E-state index in [-0.39, 0.29) is 12.5 Å². The van der Waals surface area contributed by atoms with Crippen molar-refractivity contribution in [2.45, 2.75) is 12.8 Å². The zero-order chi connectivity index (χ0) is 16.7. The van der Waals surface area contributed by atoms with E-state index in [4.69, 9.17) is 16.8 Å². The summed E-state index contributed by atoms with van der Waals surface area (Å²) in [7, 11) is 0. The SMILES string of the molecule is O=C(CCc1ccc(NC(=O)Nc2ccc(Cl)cc2)cc1)NO. The molecule has 4 N–H and O–H groups in total. The first-order chi connectivity index (χ1) is 11.1. The van der Waals surface area contributed by atoms with Crippen LogP contribution in [0.2, 0.25) is 5.02 Å². The van der Waals surface area contributed by atoms with Crippen LogP contribution in [0, 0.1) is 0 Å². The molecular weight excluding hydrogens is 318 g/mol. The maximum absolute atomic E-state index is 11.9. The lowest BCUT2D eigenvalue weighted by atomic mass is 10.1. The van der Waals surface area contributed by atoms with Gasteiger partial charge in [-0.25, -0.2) is 10.3 Å². The van der Waals surface area contributed by atoms with Gasteiger partial charge in [-0.3, -0.25) is 10.0 Å². The van der Waals surface area contributed by atoms with Crippen LogP contribution in [0.15, 0.2) is 48.5 Å². The Bertz CT molecular complexity index is 672. The topological polar surface area (TPSA) is 90.5 Å². The van der Waals surface area contributed by atoms with Gasteiger partial charge >= 0.3 is 6.03 Å². The summed E-state index contributed by atoms with van der Waals surface area (Å²) in [5.74, 6) is -0.436. The van der Waals surface area contributed by atoms with Crippen molar-refractivity contribution in [1.82, 2.24) is 5.48 Å². The van der Waals surface area contributed by atoms with Gasteiger partial charge in [0.05, 0.1) is 0 Å². The molecular formula is C16H16ClN3O3. The fourth-order valence-corrected chi connectivity index (χ4v) is 2.02. The zero-order valence-electron chi connectivity index (χ0n) is 12.2. The number of hydrogen-bond acceptors (Lipinski definition) is 3. The number of hydroxylamine groups is 1. The van der Waals surface area contributed by atoms with Gasteiger partial charge in [0.25, 0.3) is 0 Å². The number of amides is 3. The summed E-state index contributed by atoms with van der Waals surface area (Å²) in [6.45, 7) is 0. The van der Waals surface area contributed by atoms with Crippen molar-refractivity contribution >= 4 is 34.9 Å². The maximum Gasteiger partial charge on any atom is 0.323 e. The maximum atomic E-state index is 11.9. The number of halogens is 1. The van der Waals surface area contributed by atoms with Crippen molar-refractivity contribution in [3.8, 4) is 0 Å². The summed E-state index contributed by atoms with van der Waals surface area (Å²) in [5, 5.41) is 14.4. The molecule has 2 rings (SSSR count). The van der Waals surface area contributed by atoms with E-state index < -0.39 is 5.91 Å². The molecule has 0 aliphatic heterocycles. The van der Waals surface area contributed by atoms with E-state index >= 15 is 0 Å². The second-order valence-electron chi connectivity index (χ2n) is 4.82. The van der Waals surface area contributed by atoms with Gasteiger partial charge in [-0.05, 0) is 48.4 Å². The smallest absolute Gasteiger partial charge is 0.308 e. The van der Waals surface area contributed by atoms with Crippen LogP contribution < -0.4 is 16.1 Å². The third-order valence-corrected chi connectivity index (χ3v) is 3.33. The third kappa shape index (κ3) is 5.61. The van der Waals surface area contributed by atoms with Crippen molar-refractivity contribution in [3.63, 3.8) is 0 Å². The molecule has 0 aromatic heterocycles. The summed E-state index contributed by atoms with van der Waals surface area (Å²) < 4.78 is 0. The minimum atomic E-state index is -0.436. The Hall–Kier alpha value is -2.57. The minimum absolute atomic E-state index is 0.195. The molecule has 2 aromatic carbocycles. The highest BCUT2D eigenvalue weighted by molar-refractivity contribution is 6.30. The van der Waals surface area contributed by atoms with Crippen molar-refractivity contribution in [3.05, 3.63) is 59.1 Å². The van der Waals surface area contributed by atoms with Gasteiger partial charge in [-0.2, -0.15) is 0 Å². The monoisotopic (exact) mass is 333 g/mol. The molecule has 7 heteroatoms. The van der Waals surface area contributed by atoms with Crippen LogP contribution in [0.1, 0.15) is 12.0 Å². The average molecular weight is 334 g/mol. The number of carbonyl (C=O) groups excluding carboxylic acids is 2. The number of hydrogen-bond donors (Lipinski definition) is 4. The van der Waals surface area contributed by atoms with Gasteiger partial charge in [0.2, 0.25) is 5.91 Å². The molecule has 0 unspecified atom stereocenters. The number of urea groups is 1. The van der Waals surface area contributed by atoms with Crippen LogP contribution in [0.5, 0.6) is 0 Å². The first-order valence-electron chi connectivity index (χ1n) is 6.92. The van der Waals surface area contributed by atoms with Crippen LogP contribution in [-0.4, -0.2) is 17.1 Å². The van der Waals surface area contributed by atoms with Crippen molar-refractivity contribution in [2.75, 3.05) is 10.6 Å². The summed E-state index contributed by atoms with van der Waals surface area (Å²) >= 11 is 5.78. The lowest BCUT2D eigenvalue weighted by Gasteiger charge is -2.08. The number of nitrogens with one attached hydrogen (secondary N) is 3. The van der Waals surface area contributed by atoms with Crippen LogP contribution in [-0.2, 0) is 11.2 Å². The van der Waals surface area contributed by atoms with E-state index in [9.17, 15) is 9.59 Å². The Morgan fingerprint density at radius 3 is 1.96 bits per heavy atom. The molecule has 0 aliphatic rings. The molecule has 3 amide bonds. The first kappa shape index (κ1) is 16.8. The van der Waals surface area contributed by atoms with E-state index in [1.165, 1.54) is 0 Å². The molecule has 0 radical (unpaired) electrons. The predicted molar refractivity (Wildman–Crippen MR) is 88.8 cm³/mol. The predicted octanol–water partition coefficient (Wildman–Crippen LogP) is 3.42. The fraction of sp³-hybridized carbons (Fsp3) is 0.125. The van der Waals surface area contributed by atoms with Gasteiger partial charge in [-0.1, -0.05) is 23.7 Å². The summed E-state index contributed by atoms with van der Waals surface area (Å²) in [5.41, 5.74) is 3.78. The third-order valence-electron chi connectivity index (χ3n) is 3.08. The summed E-state index contributed by atoms with van der Waals surface area (Å²) in [6.07, 6.45) is 0.698. The molecule has 0 atom stereocenters. The second-order valence-corrected chi connectivity index (χ2v) is 5.25. The van der Waals surface area contributed by atoms with Crippen LogP contribution >= 0.6 is 11.6 Å². The number of benzene rings is 2. The Morgan fingerprint density at radius 1 is 0.913 bits per heavy atom. The Labute approximate surface area is 138 Å². The van der Waals surface area contributed by atoms with E-state index in [0.29, 0.717) is 22.8 Å². The van der Waals surface area contributed by atoms with E-state index in [2.05, 4.69) is 10.6 Å². The molecule has 0 spiro atoms. The van der Waals surface area contributed by atoms with Crippen LogP contribution in [0.4, 0.5) is 16.2 Å². The lowest BCUT2D eigenvalue weighted by Crippen LogP contribution is -2.19. The van der Waals surface area contributed by atoms with Crippen molar-refractivity contribution in [2.24, 2.45) is 0 Å². The Balaban J connectivity index is 1.86. The van der Waals surface area contributed by atoms with E-state index in [1.54, 1.807) is 41.9 Å². The number of aryl methyl sites for hydroxylation is 1. The lowest BCUT2D eigenvalue weighted by molar-refractivity contribution is -0.129. The number of anilines is 2. The quantitative estimate of drug-likeness (QED) is 0.499. The second kappa shape index (κ2) is 8.17. The summed E-state index contributed by atoms with van der Waals surface area (Å²) in [6, 6.07) is 13.5. The zero-order valence-corrected chi connectivity index (χ0v) is 12.9. The number of carbonyl (C=O) groups is 2. The largest absolute Gasteiger partial charge is 0.323 e. The van der Waals surface area contributed by atoms with Gasteiger partial charge in [0.15, 0.2) is 0 Å². The molecule has 0 fully saturated rings. The molecule has 0 saturated carbocycles. The van der Waals surface area contributed by atoms with Crippen LogP contribution in [0.25, 0.3) is 0 Å². The average Bonchev–Trinajstić information content (AvgIpc) is 2.56. The van der Waals surface area contributed by atoms with E-state index in [1.807, 2.05) is 12.1 Å². The van der Waals surface area contributed by atoms with Gasteiger partial charge in [0, 0.05) is 22.8 Å². The molecule has 0 saturated heterocycles. The fourth-order valence-electron chi connectivity index (χ4n) is 1.90. The standard InChI is InChI=1S/C16H16ClN3O3/c17-12-4-8-14(9-5-12)19-16(22)18-13-6-1-11(2-7-13)3-10-15(21)20-23/h1-2,4-9,23H,3,10H2,(H,20,21)(H2,18,19,22). The van der Waals surface area contributed by atoms with Crippen molar-refractivity contribution in [1.29, 1.82) is 0 Å². The van der Waals surface area contributed by atoms with E-state index in [0.717, 1.165) is 5.56 Å². The van der Waals surface area contributed by atoms with Crippen molar-refractivity contribution < 1.29 is 14.8 Å². The molecule has 0 heterocycles. The summed E-state index contributed by atoms with van der Waals surface area (Å²) in [4.78, 5) is 22.8. The molecule has 0 bridgehead atoms. The highest BCUT2D eigenvalue weighted by Crippen LogP contribution is 2.15. The highest BCUT2D eigenvalue weighted by atomic mass is 35.5. The van der Waals surface area contributed by atoms with Gasteiger partial charge in [0.1, 0.15) is 0 Å². The Morgan fingerprint density at radius 2 is 1.43 bits per heavy atom. The highest BCUT2D eigenvalue weighted by Gasteiger charge is 2.04. The number of rotatable bonds is 5. The Kier molecular flexibility index (Phi) is 5.96. The van der Waals surface area contributed by atoms with Gasteiger partial charge < -0.3 is 10.6 Å². The molecule has 0 aliphatic carbocycles. The molecule has 6 nitrogen and oxygen atoms in total. The van der Waals surface area contributed by atoms with Crippen LogP contribution in [0.3, 0.4) is 0 Å². The molecule has 2 aromatic rings. The van der Waals surface area contributed by atoms with Gasteiger partial charge in [-0.15, -0.1) is 0 Å². The molecule has 23 heavy (non-hydrogen) atoms.